The topological polar surface area (TPSA) is 161 Å². The summed E-state index contributed by atoms with van der Waals surface area (Å²) in [5.74, 6) is -1.48. The third-order valence-electron chi connectivity index (χ3n) is 8.92. The Bertz CT molecular complexity index is 2070. The smallest absolute Gasteiger partial charge is 0.261 e. The number of alkyl halides is 3. The van der Waals surface area contributed by atoms with Gasteiger partial charge in [-0.1, -0.05) is 65.4 Å². The highest BCUT2D eigenvalue weighted by atomic mass is 79.9. The molecular formula is C34H39Br2Cl5N6O6. The van der Waals surface area contributed by atoms with Gasteiger partial charge in [-0.2, -0.15) is 0 Å². The number of fused-ring (bicyclic) bond motifs is 3. The van der Waals surface area contributed by atoms with Crippen LogP contribution in [0.25, 0.3) is 21.8 Å². The summed E-state index contributed by atoms with van der Waals surface area (Å²) in [5, 5.41) is 28.9. The summed E-state index contributed by atoms with van der Waals surface area (Å²) < 4.78 is 14.3. The summed E-state index contributed by atoms with van der Waals surface area (Å²) in [4.78, 5) is 46.0. The lowest BCUT2D eigenvalue weighted by molar-refractivity contribution is -0.202. The van der Waals surface area contributed by atoms with E-state index in [0.29, 0.717) is 53.6 Å². The largest absolute Gasteiger partial charge is 0.391 e. The van der Waals surface area contributed by atoms with Crippen molar-refractivity contribution in [2.75, 3.05) is 13.1 Å². The number of rotatable bonds is 6. The van der Waals surface area contributed by atoms with Gasteiger partial charge in [0.25, 0.3) is 11.1 Å². The van der Waals surface area contributed by atoms with Crippen LogP contribution in [0.3, 0.4) is 0 Å². The third kappa shape index (κ3) is 11.6. The maximum atomic E-state index is 12.7. The van der Waals surface area contributed by atoms with Crippen molar-refractivity contribution in [2.24, 2.45) is 0 Å². The molecular weight excluding hydrogens is 925 g/mol. The molecule has 3 saturated heterocycles. The Kier molecular flexibility index (Phi) is 15.8. The van der Waals surface area contributed by atoms with E-state index in [1.54, 1.807) is 24.3 Å². The van der Waals surface area contributed by atoms with E-state index in [1.807, 2.05) is 0 Å². The molecule has 0 bridgehead atoms. The van der Waals surface area contributed by atoms with E-state index in [4.69, 9.17) is 64.1 Å². The summed E-state index contributed by atoms with van der Waals surface area (Å²) >= 11 is 32.9. The molecule has 0 aliphatic carbocycles. The maximum Gasteiger partial charge on any atom is 0.261 e. The molecule has 2 aromatic heterocycles. The van der Waals surface area contributed by atoms with Crippen molar-refractivity contribution >= 4 is 117 Å². The molecule has 3 aliphatic rings. The number of nitrogens with zero attached hydrogens (tertiary/aromatic N) is 4. The van der Waals surface area contributed by atoms with Crippen LogP contribution in [0, 0.1) is 0 Å². The first-order chi connectivity index (χ1) is 24.9. The molecule has 0 radical (unpaired) electrons. The molecule has 3 fully saturated rings. The molecule has 19 heteroatoms. The van der Waals surface area contributed by atoms with Crippen LogP contribution in [0.15, 0.2) is 55.5 Å². The monoisotopic (exact) mass is 961 g/mol. The first kappa shape index (κ1) is 42.7. The summed E-state index contributed by atoms with van der Waals surface area (Å²) in [6, 6.07) is 6.41. The molecule has 53 heavy (non-hydrogen) atoms. The van der Waals surface area contributed by atoms with Crippen molar-refractivity contribution in [3.05, 3.63) is 76.6 Å². The minimum absolute atomic E-state index is 0. The summed E-state index contributed by atoms with van der Waals surface area (Å²) in [6.45, 7) is 1.71. The lowest BCUT2D eigenvalue weighted by atomic mass is 9.97. The molecule has 12 nitrogen and oxygen atoms in total. The number of aliphatic hydroxyl groups excluding tert-OH is 1. The number of hydrogen-bond donors (Lipinski definition) is 4. The normalized spacial score (nSPS) is 24.2. The molecule has 290 valence electrons. The van der Waals surface area contributed by atoms with Crippen LogP contribution >= 0.6 is 89.9 Å². The zero-order chi connectivity index (χ0) is 38.7. The van der Waals surface area contributed by atoms with Gasteiger partial charge in [-0.05, 0) is 94.9 Å². The van der Waals surface area contributed by atoms with Crippen molar-refractivity contribution in [2.45, 2.75) is 93.4 Å². The van der Waals surface area contributed by atoms with E-state index in [1.165, 1.54) is 21.8 Å². The molecule has 1 unspecified atom stereocenters. The van der Waals surface area contributed by atoms with Crippen LogP contribution in [0.5, 0.6) is 0 Å². The van der Waals surface area contributed by atoms with Gasteiger partial charge in [-0.15, -0.1) is 0 Å². The highest BCUT2D eigenvalue weighted by Gasteiger charge is 2.46. The van der Waals surface area contributed by atoms with Gasteiger partial charge in [-0.3, -0.25) is 23.5 Å². The van der Waals surface area contributed by atoms with Gasteiger partial charge < -0.3 is 25.6 Å². The van der Waals surface area contributed by atoms with Crippen LogP contribution in [-0.2, 0) is 22.6 Å². The minimum Gasteiger partial charge on any atom is -0.391 e. The van der Waals surface area contributed by atoms with E-state index < -0.39 is 16.2 Å². The standard InChI is InChI=1S/2C16H17BrClN3O3.CHCl3.CH4/c17-10-5-12-9(4-11(10)18)15(22)21(8-20-12)7-16(23)6-13-14(24-16)2-1-3-19-13;17-11-6-13-10(5-12(11)18)16(24)21(8-20-13)7-9(22)4-14-15(23)2-1-3-19-14;2-1(3)4;/h4-5,8,13-14,19,23H,1-3,6-7H2;5-6,8,14-15,19,23H,1-4,7H2;1H;1H4/t13-,14-,16?;14-,15+;;/m01../s1/i;;1D;. The molecule has 4 aromatic rings. The van der Waals surface area contributed by atoms with E-state index in [-0.39, 0.29) is 62.0 Å². The molecule has 0 spiro atoms. The Hall–Kier alpha value is -1.40. The summed E-state index contributed by atoms with van der Waals surface area (Å²) in [5.41, 5.74) is 0.528. The van der Waals surface area contributed by atoms with E-state index in [0.717, 1.165) is 32.4 Å². The van der Waals surface area contributed by atoms with Gasteiger partial charge >= 0.3 is 0 Å². The van der Waals surface area contributed by atoms with Gasteiger partial charge in [0.05, 0.1) is 71.2 Å². The lowest BCUT2D eigenvalue weighted by Crippen LogP contribution is -2.46. The van der Waals surface area contributed by atoms with Crippen LogP contribution in [-0.4, -0.2) is 82.5 Å². The Morgan fingerprint density at radius 3 is 2.06 bits per heavy atom. The molecule has 5 heterocycles. The molecule has 0 amide bonds. The second kappa shape index (κ2) is 19.6. The molecule has 3 aliphatic heterocycles. The molecule has 2 aromatic carbocycles. The fourth-order valence-corrected chi connectivity index (χ4v) is 7.48. The predicted molar refractivity (Wildman–Crippen MR) is 218 cm³/mol. The quantitative estimate of drug-likeness (QED) is 0.156. The highest BCUT2D eigenvalue weighted by molar-refractivity contribution is 9.10. The summed E-state index contributed by atoms with van der Waals surface area (Å²) in [6.07, 6.45) is 6.48. The van der Waals surface area contributed by atoms with Crippen molar-refractivity contribution in [3.63, 3.8) is 0 Å². The number of Topliss-reactive ketones (excluding diaryl/α,β-unsaturated/α-hetero) is 1. The van der Waals surface area contributed by atoms with Gasteiger partial charge in [0.15, 0.2) is 15.8 Å². The third-order valence-corrected chi connectivity index (χ3v) is 11.3. The minimum atomic E-state index is -1.83. The van der Waals surface area contributed by atoms with Gasteiger partial charge in [0, 0.05) is 33.9 Å². The number of piperidine rings is 2. The van der Waals surface area contributed by atoms with Crippen LogP contribution in [0.1, 0.15) is 47.3 Å². The predicted octanol–water partition coefficient (Wildman–Crippen LogP) is 6.55. The zero-order valence-corrected chi connectivity index (χ0v) is 34.3. The lowest BCUT2D eigenvalue weighted by Gasteiger charge is -2.28. The number of ketones is 1. The number of aliphatic hydroxyl groups is 2. The van der Waals surface area contributed by atoms with Crippen LogP contribution < -0.4 is 21.8 Å². The summed E-state index contributed by atoms with van der Waals surface area (Å²) in [7, 11) is 0. The van der Waals surface area contributed by atoms with E-state index in [2.05, 4.69) is 52.5 Å². The van der Waals surface area contributed by atoms with Crippen LogP contribution in [0.2, 0.25) is 10.0 Å². The highest BCUT2D eigenvalue weighted by Crippen LogP contribution is 2.34. The average Bonchev–Trinajstić information content (AvgIpc) is 3.42. The maximum absolute atomic E-state index is 12.7. The Labute approximate surface area is 349 Å². The van der Waals surface area contributed by atoms with E-state index >= 15 is 0 Å². The number of halogens is 7. The van der Waals surface area contributed by atoms with E-state index in [9.17, 15) is 24.6 Å². The van der Waals surface area contributed by atoms with Gasteiger partial charge in [-0.25, -0.2) is 9.97 Å². The zero-order valence-electron chi connectivity index (χ0n) is 28.3. The second-order valence-electron chi connectivity index (χ2n) is 12.7. The number of nitrogens with one attached hydrogen (secondary N) is 2. The van der Waals surface area contributed by atoms with Crippen LogP contribution in [0.4, 0.5) is 0 Å². The van der Waals surface area contributed by atoms with Crippen molar-refractivity contribution in [1.29, 1.82) is 0 Å². The Balaban J connectivity index is 0.000000211. The average molecular weight is 966 g/mol. The fraction of sp³-hybridized carbons (Fsp3) is 0.500. The van der Waals surface area contributed by atoms with Crippen molar-refractivity contribution < 1.29 is 21.1 Å². The second-order valence-corrected chi connectivity index (χ2v) is 16.9. The van der Waals surface area contributed by atoms with Crippen molar-refractivity contribution in [1.82, 2.24) is 29.7 Å². The molecule has 4 N–H and O–H groups in total. The SMILES string of the molecule is C.O=C(C[C@H]1NCCC[C@@H]1O)Cn1cnc2cc(Br)c(Cl)cc2c1=O.O=c1c2cc(Cl)c(Br)cc2ncn1CC1(O)C[C@@H]2NCCC[C@@H]2O1.[2H]C(Cl)(Cl)Cl. The molecule has 7 rings (SSSR count). The number of ether oxygens (including phenoxy) is 1. The Morgan fingerprint density at radius 1 is 0.962 bits per heavy atom. The number of hydrogen-bond acceptors (Lipinski definition) is 10. The van der Waals surface area contributed by atoms with Gasteiger partial charge in [0.1, 0.15) is 0 Å². The number of aromatic nitrogens is 4. The van der Waals surface area contributed by atoms with Crippen molar-refractivity contribution in [3.8, 4) is 0 Å². The first-order valence-electron chi connectivity index (χ1n) is 16.7. The fourth-order valence-electron chi connectivity index (χ4n) is 6.49. The first-order valence-corrected chi connectivity index (χ1v) is 19.7. The molecule has 0 saturated carbocycles. The number of benzene rings is 2. The Morgan fingerprint density at radius 2 is 1.49 bits per heavy atom. The number of carbonyl (C=O) groups excluding carboxylic acids is 1. The molecule has 5 atom stereocenters. The van der Waals surface area contributed by atoms with Gasteiger partial charge in [0.2, 0.25) is 0 Å². The number of carbonyl (C=O) groups is 1.